The number of anilines is 1. The molecule has 6 rings (SSSR count). The molecule has 1 aliphatic carbocycles. The van der Waals surface area contributed by atoms with Crippen LogP contribution in [0.5, 0.6) is 5.75 Å². The second-order valence-corrected chi connectivity index (χ2v) is 9.28. The zero-order valence-corrected chi connectivity index (χ0v) is 17.8. The third kappa shape index (κ3) is 1.55. The molecule has 1 aromatic rings. The van der Waals surface area contributed by atoms with Gasteiger partial charge in [-0.3, -0.25) is 9.69 Å². The standard InChI is InChI=1S/C23H28N2O5/c1-5-13-11-25-18-9-15(13)21(12-26,20(27)29-4)22-10-19(25)30-23(18,22)24(2)17-7-6-14(28-3)8-16(17)22/h5-8,15,18-19,26H,9-12H2,1-4H3/b13-5-/t15-,18-,19-,21-,22-,23-/m0/s1. The van der Waals surface area contributed by atoms with E-state index in [9.17, 15) is 9.90 Å². The SMILES string of the molecule is C/C=C1/CN2[C@@H]3C[C@@]45c6cc(OC)ccc6N(C)[C@]4(O3)[C@@H]2C[C@@H]1[C@@]5(CO)C(=O)OC. The molecule has 160 valence electrons. The fraction of sp³-hybridized carbons (Fsp3) is 0.609. The first-order valence-corrected chi connectivity index (χ1v) is 10.7. The highest BCUT2D eigenvalue weighted by Gasteiger charge is 2.88. The van der Waals surface area contributed by atoms with Crippen LogP contribution < -0.4 is 9.64 Å². The lowest BCUT2D eigenvalue weighted by Crippen LogP contribution is -2.79. The second-order valence-electron chi connectivity index (χ2n) is 9.28. The number of allylic oxidation sites excluding steroid dienone is 1. The molecule has 4 fully saturated rings. The number of aliphatic hydroxyl groups excluding tert-OH is 1. The van der Waals surface area contributed by atoms with Crippen LogP contribution in [0.25, 0.3) is 0 Å². The van der Waals surface area contributed by atoms with Gasteiger partial charge >= 0.3 is 5.97 Å². The summed E-state index contributed by atoms with van der Waals surface area (Å²) in [6.07, 6.45) is 3.43. The van der Waals surface area contributed by atoms with E-state index < -0.39 is 16.6 Å². The Morgan fingerprint density at radius 3 is 2.87 bits per heavy atom. The van der Waals surface area contributed by atoms with E-state index in [-0.39, 0.29) is 30.8 Å². The number of likely N-dealkylation sites (N-methyl/N-ethyl adjacent to an activating group) is 1. The number of aliphatic hydroxyl groups is 1. The van der Waals surface area contributed by atoms with Crippen molar-refractivity contribution in [1.29, 1.82) is 0 Å². The van der Waals surface area contributed by atoms with E-state index >= 15 is 0 Å². The van der Waals surface area contributed by atoms with E-state index in [0.29, 0.717) is 6.42 Å². The van der Waals surface area contributed by atoms with Crippen molar-refractivity contribution < 1.29 is 24.1 Å². The molecule has 4 bridgehead atoms. The van der Waals surface area contributed by atoms with Crippen LogP contribution in [-0.4, -0.2) is 68.4 Å². The Hall–Kier alpha value is -2.09. The molecular weight excluding hydrogens is 384 g/mol. The Bertz CT molecular complexity index is 994. The van der Waals surface area contributed by atoms with Gasteiger partial charge in [0.1, 0.15) is 17.4 Å². The summed E-state index contributed by atoms with van der Waals surface area (Å²) in [4.78, 5) is 18.4. The first-order valence-electron chi connectivity index (χ1n) is 10.7. The van der Waals surface area contributed by atoms with E-state index in [0.717, 1.165) is 30.0 Å². The van der Waals surface area contributed by atoms with Crippen LogP contribution in [0.4, 0.5) is 5.69 Å². The maximum atomic E-state index is 13.7. The fourth-order valence-electron chi connectivity index (χ4n) is 7.94. The summed E-state index contributed by atoms with van der Waals surface area (Å²) in [7, 11) is 5.14. The Morgan fingerprint density at radius 1 is 1.40 bits per heavy atom. The van der Waals surface area contributed by atoms with Gasteiger partial charge in [-0.05, 0) is 37.1 Å². The summed E-state index contributed by atoms with van der Waals surface area (Å²) in [6.45, 7) is 2.51. The molecule has 1 saturated carbocycles. The van der Waals surface area contributed by atoms with Gasteiger partial charge in [0.05, 0.1) is 32.3 Å². The van der Waals surface area contributed by atoms with E-state index in [1.807, 2.05) is 19.1 Å². The summed E-state index contributed by atoms with van der Waals surface area (Å²) >= 11 is 0. The number of nitrogens with zero attached hydrogens (tertiary/aromatic N) is 2. The van der Waals surface area contributed by atoms with E-state index in [1.54, 1.807) is 7.11 Å². The molecule has 30 heavy (non-hydrogen) atoms. The van der Waals surface area contributed by atoms with E-state index in [2.05, 4.69) is 29.0 Å². The smallest absolute Gasteiger partial charge is 0.315 e. The molecule has 0 aromatic heterocycles. The molecule has 5 aliphatic rings. The first-order chi connectivity index (χ1) is 14.5. The topological polar surface area (TPSA) is 71.5 Å². The Labute approximate surface area is 176 Å². The molecule has 6 atom stereocenters. The predicted octanol–water partition coefficient (Wildman–Crippen LogP) is 1.64. The van der Waals surface area contributed by atoms with Crippen LogP contribution in [0.2, 0.25) is 0 Å². The Balaban J connectivity index is 1.74. The van der Waals surface area contributed by atoms with Gasteiger partial charge in [0.2, 0.25) is 0 Å². The predicted molar refractivity (Wildman–Crippen MR) is 109 cm³/mol. The van der Waals surface area contributed by atoms with Gasteiger partial charge in [0.25, 0.3) is 0 Å². The van der Waals surface area contributed by atoms with Crippen molar-refractivity contribution in [1.82, 2.24) is 4.90 Å². The van der Waals surface area contributed by atoms with Crippen LogP contribution in [0, 0.1) is 11.3 Å². The maximum absolute atomic E-state index is 13.7. The summed E-state index contributed by atoms with van der Waals surface area (Å²) < 4.78 is 17.9. The molecule has 3 saturated heterocycles. The molecule has 1 N–H and O–H groups in total. The molecular formula is C23H28N2O5. The van der Waals surface area contributed by atoms with Gasteiger partial charge in [-0.25, -0.2) is 0 Å². The number of hydrogen-bond acceptors (Lipinski definition) is 7. The van der Waals surface area contributed by atoms with Crippen LogP contribution in [0.15, 0.2) is 29.8 Å². The van der Waals surface area contributed by atoms with Gasteiger partial charge < -0.3 is 24.2 Å². The van der Waals surface area contributed by atoms with E-state index in [1.165, 1.54) is 12.7 Å². The summed E-state index contributed by atoms with van der Waals surface area (Å²) in [5.74, 6) is 0.301. The summed E-state index contributed by atoms with van der Waals surface area (Å²) in [6, 6.07) is 6.19. The molecule has 1 aromatic carbocycles. The van der Waals surface area contributed by atoms with Gasteiger partial charge in [0.15, 0.2) is 5.72 Å². The number of carbonyl (C=O) groups excluding carboxylic acids is 1. The average Bonchev–Trinajstić information content (AvgIpc) is 3.38. The highest BCUT2D eigenvalue weighted by molar-refractivity contribution is 5.86. The highest BCUT2D eigenvalue weighted by atomic mass is 16.6. The van der Waals surface area contributed by atoms with Crippen LogP contribution in [0.3, 0.4) is 0 Å². The minimum Gasteiger partial charge on any atom is -0.497 e. The van der Waals surface area contributed by atoms with Gasteiger partial charge in [0, 0.05) is 31.6 Å². The lowest BCUT2D eigenvalue weighted by atomic mass is 9.42. The molecule has 7 heteroatoms. The number of carbonyl (C=O) groups is 1. The maximum Gasteiger partial charge on any atom is 0.315 e. The quantitative estimate of drug-likeness (QED) is 0.598. The minimum atomic E-state index is -1.12. The van der Waals surface area contributed by atoms with Gasteiger partial charge in [-0.15, -0.1) is 0 Å². The second kappa shape index (κ2) is 5.58. The number of ether oxygens (including phenoxy) is 3. The number of methoxy groups -OCH3 is 2. The number of rotatable bonds is 3. The van der Waals surface area contributed by atoms with Crippen LogP contribution in [0.1, 0.15) is 25.3 Å². The number of piperidine rings is 2. The van der Waals surface area contributed by atoms with Crippen molar-refractivity contribution in [3.63, 3.8) is 0 Å². The largest absolute Gasteiger partial charge is 0.497 e. The normalized spacial score (nSPS) is 43.8. The molecule has 4 heterocycles. The van der Waals surface area contributed by atoms with Crippen molar-refractivity contribution in [3.8, 4) is 5.75 Å². The van der Waals surface area contributed by atoms with Crippen molar-refractivity contribution in [2.24, 2.45) is 11.3 Å². The fourth-order valence-corrected chi connectivity index (χ4v) is 7.94. The Morgan fingerprint density at radius 2 is 2.20 bits per heavy atom. The molecule has 4 aliphatic heterocycles. The van der Waals surface area contributed by atoms with Crippen molar-refractivity contribution in [2.75, 3.05) is 39.3 Å². The summed E-state index contributed by atoms with van der Waals surface area (Å²) in [5, 5.41) is 11.1. The molecule has 7 nitrogen and oxygen atoms in total. The molecule has 0 unspecified atom stereocenters. The number of benzene rings is 1. The third-order valence-electron chi connectivity index (χ3n) is 8.95. The lowest BCUT2D eigenvalue weighted by molar-refractivity contribution is -0.194. The third-order valence-corrected chi connectivity index (χ3v) is 8.95. The summed E-state index contributed by atoms with van der Waals surface area (Å²) in [5.41, 5.74) is 0.703. The molecule has 0 amide bonds. The van der Waals surface area contributed by atoms with Crippen molar-refractivity contribution in [2.45, 2.75) is 43.2 Å². The lowest BCUT2D eigenvalue weighted by Gasteiger charge is -2.65. The van der Waals surface area contributed by atoms with Gasteiger partial charge in [-0.2, -0.15) is 0 Å². The number of fused-ring (bicyclic) bond motifs is 4. The monoisotopic (exact) mass is 412 g/mol. The van der Waals surface area contributed by atoms with Crippen molar-refractivity contribution >= 4 is 11.7 Å². The zero-order valence-electron chi connectivity index (χ0n) is 17.8. The number of esters is 1. The molecule has 0 radical (unpaired) electrons. The number of hydrogen-bond donors (Lipinski definition) is 1. The zero-order chi connectivity index (χ0) is 21.1. The van der Waals surface area contributed by atoms with Crippen LogP contribution >= 0.6 is 0 Å². The first kappa shape index (κ1) is 18.7. The Kier molecular flexibility index (Phi) is 3.47. The average molecular weight is 412 g/mol. The molecule has 1 spiro atoms. The highest BCUT2D eigenvalue weighted by Crippen LogP contribution is 2.77. The van der Waals surface area contributed by atoms with Crippen LogP contribution in [-0.2, 0) is 19.7 Å². The van der Waals surface area contributed by atoms with Gasteiger partial charge in [-0.1, -0.05) is 11.6 Å². The minimum absolute atomic E-state index is 0.0939. The van der Waals surface area contributed by atoms with Crippen molar-refractivity contribution in [3.05, 3.63) is 35.4 Å². The van der Waals surface area contributed by atoms with E-state index in [4.69, 9.17) is 14.2 Å².